The minimum absolute atomic E-state index is 0.628. The minimum atomic E-state index is 0.628. The van der Waals surface area contributed by atoms with Crippen molar-refractivity contribution in [3.05, 3.63) is 18.0 Å². The quantitative estimate of drug-likeness (QED) is 0.871. The third kappa shape index (κ3) is 2.77. The molecular formula is C15H27N3. The van der Waals surface area contributed by atoms with E-state index in [0.717, 1.165) is 19.0 Å². The maximum absolute atomic E-state index is 5.98. The lowest BCUT2D eigenvalue weighted by Crippen LogP contribution is -2.30. The highest BCUT2D eigenvalue weighted by Gasteiger charge is 2.32. The predicted octanol–water partition coefficient (Wildman–Crippen LogP) is 3.16. The van der Waals surface area contributed by atoms with E-state index in [2.05, 4.69) is 29.7 Å². The van der Waals surface area contributed by atoms with Gasteiger partial charge in [0.1, 0.15) is 0 Å². The van der Waals surface area contributed by atoms with Gasteiger partial charge in [-0.3, -0.25) is 4.68 Å². The third-order valence-electron chi connectivity index (χ3n) is 4.53. The van der Waals surface area contributed by atoms with Crippen LogP contribution in [0.1, 0.15) is 57.6 Å². The van der Waals surface area contributed by atoms with Crippen molar-refractivity contribution in [3.63, 3.8) is 0 Å². The lowest BCUT2D eigenvalue weighted by Gasteiger charge is -2.36. The zero-order valence-corrected chi connectivity index (χ0v) is 11.8. The van der Waals surface area contributed by atoms with Crippen LogP contribution < -0.4 is 5.73 Å². The number of hydrogen-bond acceptors (Lipinski definition) is 2. The average Bonchev–Trinajstić information content (AvgIpc) is 2.87. The molecule has 3 nitrogen and oxygen atoms in total. The standard InChI is InChI=1S/C15H27N3/c1-3-5-12-6-7-13(11-16)14(10-12)15-8-9-17-18(15)4-2/h8-9,12-14H,3-7,10-11,16H2,1-2H3. The maximum atomic E-state index is 5.98. The van der Waals surface area contributed by atoms with Crippen molar-refractivity contribution < 1.29 is 0 Å². The van der Waals surface area contributed by atoms with E-state index in [1.165, 1.54) is 37.8 Å². The molecule has 102 valence electrons. The Balaban J connectivity index is 2.15. The second kappa shape index (κ2) is 6.37. The molecule has 0 bridgehead atoms. The van der Waals surface area contributed by atoms with Crippen molar-refractivity contribution in [2.75, 3.05) is 6.54 Å². The molecule has 0 amide bonds. The van der Waals surface area contributed by atoms with Crippen LogP contribution in [-0.2, 0) is 6.54 Å². The topological polar surface area (TPSA) is 43.8 Å². The van der Waals surface area contributed by atoms with Gasteiger partial charge in [0.2, 0.25) is 0 Å². The van der Waals surface area contributed by atoms with Gasteiger partial charge in [-0.05, 0) is 44.2 Å². The molecule has 1 saturated carbocycles. The number of nitrogens with zero attached hydrogens (tertiary/aromatic N) is 2. The van der Waals surface area contributed by atoms with Gasteiger partial charge in [0.15, 0.2) is 0 Å². The lowest BCUT2D eigenvalue weighted by atomic mass is 9.71. The van der Waals surface area contributed by atoms with Crippen molar-refractivity contribution in [2.45, 2.75) is 58.4 Å². The minimum Gasteiger partial charge on any atom is -0.330 e. The maximum Gasteiger partial charge on any atom is 0.0492 e. The van der Waals surface area contributed by atoms with Gasteiger partial charge in [0.25, 0.3) is 0 Å². The van der Waals surface area contributed by atoms with Crippen molar-refractivity contribution >= 4 is 0 Å². The summed E-state index contributed by atoms with van der Waals surface area (Å²) >= 11 is 0. The molecule has 0 aromatic carbocycles. The Labute approximate surface area is 111 Å². The zero-order valence-electron chi connectivity index (χ0n) is 11.8. The Morgan fingerprint density at radius 3 is 2.89 bits per heavy atom. The van der Waals surface area contributed by atoms with Crippen LogP contribution in [-0.4, -0.2) is 16.3 Å². The summed E-state index contributed by atoms with van der Waals surface area (Å²) in [6.07, 6.45) is 8.58. The first kappa shape index (κ1) is 13.6. The number of aryl methyl sites for hydroxylation is 1. The third-order valence-corrected chi connectivity index (χ3v) is 4.53. The van der Waals surface area contributed by atoms with E-state index in [1.54, 1.807) is 0 Å². The fraction of sp³-hybridized carbons (Fsp3) is 0.800. The molecular weight excluding hydrogens is 222 g/mol. The Hall–Kier alpha value is -0.830. The van der Waals surface area contributed by atoms with E-state index < -0.39 is 0 Å². The van der Waals surface area contributed by atoms with Gasteiger partial charge >= 0.3 is 0 Å². The molecule has 2 rings (SSSR count). The summed E-state index contributed by atoms with van der Waals surface area (Å²) in [5.41, 5.74) is 7.39. The van der Waals surface area contributed by atoms with Crippen LogP contribution in [0.3, 0.4) is 0 Å². The Kier molecular flexibility index (Phi) is 4.81. The molecule has 3 unspecified atom stereocenters. The normalized spacial score (nSPS) is 28.5. The highest BCUT2D eigenvalue weighted by atomic mass is 15.3. The van der Waals surface area contributed by atoms with E-state index in [0.29, 0.717) is 11.8 Å². The van der Waals surface area contributed by atoms with E-state index in [1.807, 2.05) is 6.20 Å². The first-order valence-corrected chi connectivity index (χ1v) is 7.51. The Bertz CT molecular complexity index is 358. The molecule has 1 aromatic rings. The van der Waals surface area contributed by atoms with Crippen LogP contribution in [0, 0.1) is 11.8 Å². The number of nitrogens with two attached hydrogens (primary N) is 1. The second-order valence-corrected chi connectivity index (χ2v) is 5.64. The fourth-order valence-electron chi connectivity index (χ4n) is 3.56. The number of aromatic nitrogens is 2. The van der Waals surface area contributed by atoms with Crippen LogP contribution in [0.15, 0.2) is 12.3 Å². The van der Waals surface area contributed by atoms with Gasteiger partial charge in [-0.1, -0.05) is 26.2 Å². The lowest BCUT2D eigenvalue weighted by molar-refractivity contribution is 0.222. The van der Waals surface area contributed by atoms with E-state index in [9.17, 15) is 0 Å². The SMILES string of the molecule is CCCC1CCC(CN)C(c2ccnn2CC)C1. The molecule has 1 aliphatic rings. The van der Waals surface area contributed by atoms with E-state index >= 15 is 0 Å². The molecule has 0 radical (unpaired) electrons. The summed E-state index contributed by atoms with van der Waals surface area (Å²) in [5.74, 6) is 2.17. The molecule has 2 N–H and O–H groups in total. The van der Waals surface area contributed by atoms with Gasteiger partial charge in [-0.2, -0.15) is 5.10 Å². The van der Waals surface area contributed by atoms with Crippen molar-refractivity contribution in [1.29, 1.82) is 0 Å². The summed E-state index contributed by atoms with van der Waals surface area (Å²) in [6, 6.07) is 2.20. The van der Waals surface area contributed by atoms with Gasteiger partial charge in [0.05, 0.1) is 0 Å². The van der Waals surface area contributed by atoms with Crippen LogP contribution in [0.4, 0.5) is 0 Å². The predicted molar refractivity (Wildman–Crippen MR) is 75.4 cm³/mol. The van der Waals surface area contributed by atoms with Crippen molar-refractivity contribution in [3.8, 4) is 0 Å². The molecule has 1 aliphatic carbocycles. The fourth-order valence-corrected chi connectivity index (χ4v) is 3.56. The summed E-state index contributed by atoms with van der Waals surface area (Å²) in [7, 11) is 0. The Morgan fingerprint density at radius 2 is 2.22 bits per heavy atom. The molecule has 0 saturated heterocycles. The summed E-state index contributed by atoms with van der Waals surface area (Å²) < 4.78 is 2.15. The van der Waals surface area contributed by atoms with Gasteiger partial charge in [-0.15, -0.1) is 0 Å². The second-order valence-electron chi connectivity index (χ2n) is 5.64. The molecule has 0 aliphatic heterocycles. The smallest absolute Gasteiger partial charge is 0.0492 e. The molecule has 1 heterocycles. The number of rotatable bonds is 5. The first-order valence-electron chi connectivity index (χ1n) is 7.51. The molecule has 1 aromatic heterocycles. The molecule has 18 heavy (non-hydrogen) atoms. The number of hydrogen-bond donors (Lipinski definition) is 1. The monoisotopic (exact) mass is 249 g/mol. The van der Waals surface area contributed by atoms with Gasteiger partial charge in [-0.25, -0.2) is 0 Å². The van der Waals surface area contributed by atoms with Gasteiger partial charge in [0, 0.05) is 24.4 Å². The van der Waals surface area contributed by atoms with Crippen LogP contribution in [0.25, 0.3) is 0 Å². The van der Waals surface area contributed by atoms with Gasteiger partial charge < -0.3 is 5.73 Å². The molecule has 1 fully saturated rings. The Morgan fingerprint density at radius 1 is 1.39 bits per heavy atom. The highest BCUT2D eigenvalue weighted by Crippen LogP contribution is 2.41. The summed E-state index contributed by atoms with van der Waals surface area (Å²) in [6.45, 7) is 6.24. The van der Waals surface area contributed by atoms with Crippen LogP contribution in [0.2, 0.25) is 0 Å². The zero-order chi connectivity index (χ0) is 13.0. The largest absolute Gasteiger partial charge is 0.330 e. The van der Waals surface area contributed by atoms with Crippen molar-refractivity contribution in [2.24, 2.45) is 17.6 Å². The van der Waals surface area contributed by atoms with E-state index in [4.69, 9.17) is 5.73 Å². The molecule has 3 heteroatoms. The first-order chi connectivity index (χ1) is 8.80. The highest BCUT2D eigenvalue weighted by molar-refractivity contribution is 5.11. The summed E-state index contributed by atoms with van der Waals surface area (Å²) in [5, 5.41) is 4.43. The van der Waals surface area contributed by atoms with Crippen LogP contribution >= 0.6 is 0 Å². The molecule has 3 atom stereocenters. The van der Waals surface area contributed by atoms with Crippen molar-refractivity contribution in [1.82, 2.24) is 9.78 Å². The van der Waals surface area contributed by atoms with Crippen LogP contribution in [0.5, 0.6) is 0 Å². The molecule has 0 spiro atoms. The van der Waals surface area contributed by atoms with E-state index in [-0.39, 0.29) is 0 Å². The average molecular weight is 249 g/mol. The summed E-state index contributed by atoms with van der Waals surface area (Å²) in [4.78, 5) is 0.